The van der Waals surface area contributed by atoms with Crippen molar-refractivity contribution in [1.29, 1.82) is 0 Å². The van der Waals surface area contributed by atoms with Crippen LogP contribution in [0.5, 0.6) is 0 Å². The van der Waals surface area contributed by atoms with Gasteiger partial charge in [-0.2, -0.15) is 0 Å². The lowest BCUT2D eigenvalue weighted by Gasteiger charge is -2.47. The van der Waals surface area contributed by atoms with E-state index in [1.165, 1.54) is 12.8 Å². The van der Waals surface area contributed by atoms with Crippen LogP contribution in [-0.4, -0.2) is 31.2 Å². The molecule has 0 radical (unpaired) electrons. The topological polar surface area (TPSA) is 64.4 Å². The third kappa shape index (κ3) is 1.86. The van der Waals surface area contributed by atoms with E-state index in [2.05, 4.69) is 5.32 Å². The van der Waals surface area contributed by atoms with Gasteiger partial charge in [0.25, 0.3) is 0 Å². The maximum absolute atomic E-state index is 12.1. The Hall–Kier alpha value is -0.610. The minimum Gasteiger partial charge on any atom is -0.381 e. The first-order valence-electron chi connectivity index (χ1n) is 7.31. The Balaban J connectivity index is 1.82. The molecule has 1 spiro atoms. The molecule has 1 unspecified atom stereocenters. The van der Waals surface area contributed by atoms with Crippen LogP contribution < -0.4 is 11.1 Å². The number of hydrogen-bond acceptors (Lipinski definition) is 3. The first kappa shape index (κ1) is 12.4. The van der Waals surface area contributed by atoms with Crippen LogP contribution in [0.15, 0.2) is 0 Å². The molecule has 102 valence electrons. The van der Waals surface area contributed by atoms with E-state index in [9.17, 15) is 4.79 Å². The van der Waals surface area contributed by atoms with Crippen molar-refractivity contribution in [3.8, 4) is 0 Å². The highest BCUT2D eigenvalue weighted by atomic mass is 16.5. The predicted octanol–water partition coefficient (Wildman–Crippen LogP) is 1.19. The second-order valence-corrected chi connectivity index (χ2v) is 6.34. The smallest absolute Gasteiger partial charge is 0.238 e. The lowest BCUT2D eigenvalue weighted by atomic mass is 9.66. The minimum absolute atomic E-state index is 0.0615. The van der Waals surface area contributed by atoms with Crippen LogP contribution in [0, 0.1) is 11.3 Å². The van der Waals surface area contributed by atoms with Gasteiger partial charge in [-0.25, -0.2) is 0 Å². The molecular weight excluding hydrogens is 228 g/mol. The highest BCUT2D eigenvalue weighted by molar-refractivity contribution is 5.86. The van der Waals surface area contributed by atoms with E-state index >= 15 is 0 Å². The van der Waals surface area contributed by atoms with Gasteiger partial charge in [0.1, 0.15) is 5.54 Å². The summed E-state index contributed by atoms with van der Waals surface area (Å²) in [7, 11) is 0. The number of nitrogens with one attached hydrogen (secondary N) is 1. The number of rotatable bonds is 4. The lowest BCUT2D eigenvalue weighted by Crippen LogP contribution is -2.64. The largest absolute Gasteiger partial charge is 0.381 e. The fourth-order valence-corrected chi connectivity index (χ4v) is 4.00. The van der Waals surface area contributed by atoms with Gasteiger partial charge in [0.15, 0.2) is 0 Å². The number of amides is 1. The fraction of sp³-hybridized carbons (Fsp3) is 0.929. The average molecular weight is 252 g/mol. The third-order valence-electron chi connectivity index (χ3n) is 5.37. The van der Waals surface area contributed by atoms with E-state index in [1.54, 1.807) is 0 Å². The van der Waals surface area contributed by atoms with E-state index in [-0.39, 0.29) is 11.3 Å². The molecule has 1 aliphatic heterocycles. The standard InChI is InChI=1S/C14H24N2O2/c15-12(17)14(16-10-11-2-3-11)5-1-4-13(14)6-8-18-9-7-13/h11,16H,1-10H2,(H2,15,17). The van der Waals surface area contributed by atoms with E-state index < -0.39 is 5.54 Å². The van der Waals surface area contributed by atoms with Crippen molar-refractivity contribution in [2.45, 2.75) is 50.5 Å². The van der Waals surface area contributed by atoms with Gasteiger partial charge in [-0.05, 0) is 51.0 Å². The van der Waals surface area contributed by atoms with Crippen molar-refractivity contribution in [1.82, 2.24) is 5.32 Å². The SMILES string of the molecule is NC(=O)C1(NCC2CC2)CCCC12CCOCC2. The Labute approximate surface area is 109 Å². The van der Waals surface area contributed by atoms with E-state index in [0.29, 0.717) is 0 Å². The molecule has 1 saturated heterocycles. The van der Waals surface area contributed by atoms with E-state index in [1.807, 2.05) is 0 Å². The summed E-state index contributed by atoms with van der Waals surface area (Å²) in [5, 5.41) is 3.59. The summed E-state index contributed by atoms with van der Waals surface area (Å²) >= 11 is 0. The summed E-state index contributed by atoms with van der Waals surface area (Å²) in [5.74, 6) is 0.640. The molecule has 4 nitrogen and oxygen atoms in total. The number of hydrogen-bond donors (Lipinski definition) is 2. The average Bonchev–Trinajstić information content (AvgIpc) is 3.13. The molecule has 0 bridgehead atoms. The molecule has 1 atom stereocenters. The maximum atomic E-state index is 12.1. The Morgan fingerprint density at radius 1 is 1.22 bits per heavy atom. The van der Waals surface area contributed by atoms with Crippen LogP contribution >= 0.6 is 0 Å². The molecule has 0 aromatic rings. The Bertz CT molecular complexity index is 335. The molecule has 3 rings (SSSR count). The van der Waals surface area contributed by atoms with Gasteiger partial charge < -0.3 is 15.8 Å². The Kier molecular flexibility index (Phi) is 3.10. The number of carbonyl (C=O) groups is 1. The quantitative estimate of drug-likeness (QED) is 0.790. The van der Waals surface area contributed by atoms with Crippen LogP contribution in [0.1, 0.15) is 44.9 Å². The fourth-order valence-electron chi connectivity index (χ4n) is 4.00. The molecule has 2 saturated carbocycles. The summed E-state index contributed by atoms with van der Waals surface area (Å²) in [6.45, 7) is 2.52. The summed E-state index contributed by atoms with van der Waals surface area (Å²) in [6.07, 6.45) is 7.71. The molecule has 3 N–H and O–H groups in total. The molecule has 1 amide bonds. The van der Waals surface area contributed by atoms with E-state index in [0.717, 1.165) is 57.8 Å². The van der Waals surface area contributed by atoms with Crippen LogP contribution in [0.25, 0.3) is 0 Å². The number of primary amides is 1. The molecular formula is C14H24N2O2. The normalized spacial score (nSPS) is 34.9. The second kappa shape index (κ2) is 4.49. The molecule has 1 heterocycles. The number of carbonyl (C=O) groups excluding carboxylic acids is 1. The van der Waals surface area contributed by atoms with Gasteiger partial charge in [0, 0.05) is 18.6 Å². The molecule has 0 aromatic heterocycles. The monoisotopic (exact) mass is 252 g/mol. The van der Waals surface area contributed by atoms with Crippen molar-refractivity contribution in [3.05, 3.63) is 0 Å². The van der Waals surface area contributed by atoms with Crippen molar-refractivity contribution < 1.29 is 9.53 Å². The van der Waals surface area contributed by atoms with Gasteiger partial charge in [-0.15, -0.1) is 0 Å². The zero-order valence-electron chi connectivity index (χ0n) is 11.0. The molecule has 0 aromatic carbocycles. The van der Waals surface area contributed by atoms with Crippen molar-refractivity contribution >= 4 is 5.91 Å². The second-order valence-electron chi connectivity index (χ2n) is 6.34. The minimum atomic E-state index is -0.459. The van der Waals surface area contributed by atoms with Gasteiger partial charge in [0.2, 0.25) is 5.91 Å². The van der Waals surface area contributed by atoms with Crippen LogP contribution in [0.4, 0.5) is 0 Å². The van der Waals surface area contributed by atoms with Gasteiger partial charge in [-0.3, -0.25) is 4.79 Å². The number of nitrogens with two attached hydrogens (primary N) is 1. The zero-order chi connectivity index (χ0) is 12.6. The maximum Gasteiger partial charge on any atom is 0.238 e. The highest BCUT2D eigenvalue weighted by Crippen LogP contribution is 2.53. The molecule has 3 fully saturated rings. The van der Waals surface area contributed by atoms with Crippen molar-refractivity contribution in [2.75, 3.05) is 19.8 Å². The van der Waals surface area contributed by atoms with Crippen molar-refractivity contribution in [3.63, 3.8) is 0 Å². The van der Waals surface area contributed by atoms with Gasteiger partial charge in [0.05, 0.1) is 0 Å². The van der Waals surface area contributed by atoms with Gasteiger partial charge >= 0.3 is 0 Å². The molecule has 18 heavy (non-hydrogen) atoms. The first-order chi connectivity index (χ1) is 8.69. The highest BCUT2D eigenvalue weighted by Gasteiger charge is 2.58. The molecule has 3 aliphatic rings. The summed E-state index contributed by atoms with van der Waals surface area (Å²) in [4.78, 5) is 12.1. The number of ether oxygens (including phenoxy) is 1. The lowest BCUT2D eigenvalue weighted by molar-refractivity contribution is -0.132. The van der Waals surface area contributed by atoms with Crippen LogP contribution in [0.3, 0.4) is 0 Å². The van der Waals surface area contributed by atoms with Crippen LogP contribution in [-0.2, 0) is 9.53 Å². The van der Waals surface area contributed by atoms with E-state index in [4.69, 9.17) is 10.5 Å². The summed E-state index contributed by atoms with van der Waals surface area (Å²) in [5.41, 5.74) is 5.41. The Morgan fingerprint density at radius 3 is 2.56 bits per heavy atom. The summed E-state index contributed by atoms with van der Waals surface area (Å²) < 4.78 is 5.49. The van der Waals surface area contributed by atoms with Gasteiger partial charge in [-0.1, -0.05) is 6.42 Å². The third-order valence-corrected chi connectivity index (χ3v) is 5.37. The zero-order valence-corrected chi connectivity index (χ0v) is 11.0. The molecule has 2 aliphatic carbocycles. The molecule has 4 heteroatoms. The van der Waals surface area contributed by atoms with Crippen molar-refractivity contribution in [2.24, 2.45) is 17.1 Å². The Morgan fingerprint density at radius 2 is 1.94 bits per heavy atom. The predicted molar refractivity (Wildman–Crippen MR) is 69.0 cm³/mol. The van der Waals surface area contributed by atoms with Crippen LogP contribution in [0.2, 0.25) is 0 Å². The summed E-state index contributed by atoms with van der Waals surface area (Å²) in [6, 6.07) is 0. The first-order valence-corrected chi connectivity index (χ1v) is 7.31.